The molecule has 0 radical (unpaired) electrons. The molecule has 14 heavy (non-hydrogen) atoms. The first-order chi connectivity index (χ1) is 6.71. The van der Waals surface area contributed by atoms with Crippen molar-refractivity contribution in [3.05, 3.63) is 18.0 Å². The predicted molar refractivity (Wildman–Crippen MR) is 52.4 cm³/mol. The highest BCUT2D eigenvalue weighted by Crippen LogP contribution is 2.49. The number of rotatable bonds is 3. The number of hydrogen-bond donors (Lipinski definition) is 1. The van der Waals surface area contributed by atoms with Gasteiger partial charge in [0.2, 0.25) is 0 Å². The monoisotopic (exact) mass is 194 g/mol. The predicted octanol–water partition coefficient (Wildman–Crippen LogP) is 1.05. The molecule has 76 valence electrons. The number of aromatic nitrogens is 1. The molecule has 0 unspecified atom stereocenters. The van der Waals surface area contributed by atoms with E-state index in [9.17, 15) is 0 Å². The summed E-state index contributed by atoms with van der Waals surface area (Å²) >= 11 is 0. The van der Waals surface area contributed by atoms with Crippen LogP contribution >= 0.6 is 0 Å². The molecule has 0 amide bonds. The van der Waals surface area contributed by atoms with Gasteiger partial charge in [-0.25, -0.2) is 0 Å². The van der Waals surface area contributed by atoms with Crippen LogP contribution in [0.4, 0.5) is 0 Å². The average molecular weight is 194 g/mol. The smallest absolute Gasteiger partial charge is 0.145 e. The summed E-state index contributed by atoms with van der Waals surface area (Å²) in [5, 5.41) is 0. The van der Waals surface area contributed by atoms with Crippen molar-refractivity contribution in [2.45, 2.75) is 18.4 Å². The largest absolute Gasteiger partial charge is 0.495 e. The highest BCUT2D eigenvalue weighted by molar-refractivity contribution is 5.49. The van der Waals surface area contributed by atoms with Crippen molar-refractivity contribution in [3.8, 4) is 11.5 Å². The van der Waals surface area contributed by atoms with E-state index in [-0.39, 0.29) is 5.54 Å². The molecular formula is C10H14N2O2. The van der Waals surface area contributed by atoms with E-state index in [0.717, 1.165) is 18.4 Å². The van der Waals surface area contributed by atoms with Crippen LogP contribution in [0.15, 0.2) is 12.4 Å². The molecule has 0 spiro atoms. The van der Waals surface area contributed by atoms with E-state index in [1.54, 1.807) is 26.6 Å². The van der Waals surface area contributed by atoms with Crippen LogP contribution in [0.1, 0.15) is 18.4 Å². The van der Waals surface area contributed by atoms with Crippen LogP contribution in [0.25, 0.3) is 0 Å². The number of ether oxygens (including phenoxy) is 2. The van der Waals surface area contributed by atoms with Crippen molar-refractivity contribution in [1.29, 1.82) is 0 Å². The van der Waals surface area contributed by atoms with E-state index < -0.39 is 0 Å². The van der Waals surface area contributed by atoms with E-state index in [0.29, 0.717) is 11.5 Å². The first-order valence-electron chi connectivity index (χ1n) is 4.56. The lowest BCUT2D eigenvalue weighted by Gasteiger charge is -2.16. The second kappa shape index (κ2) is 3.13. The van der Waals surface area contributed by atoms with E-state index in [1.807, 2.05) is 0 Å². The Kier molecular flexibility index (Phi) is 2.07. The highest BCUT2D eigenvalue weighted by atomic mass is 16.5. The van der Waals surface area contributed by atoms with Crippen molar-refractivity contribution in [2.75, 3.05) is 14.2 Å². The zero-order valence-electron chi connectivity index (χ0n) is 8.41. The van der Waals surface area contributed by atoms with Crippen LogP contribution in [-0.2, 0) is 5.54 Å². The molecule has 0 aromatic carbocycles. The fourth-order valence-electron chi connectivity index (χ4n) is 1.61. The molecule has 1 aromatic heterocycles. The van der Waals surface area contributed by atoms with Gasteiger partial charge >= 0.3 is 0 Å². The molecule has 1 fully saturated rings. The van der Waals surface area contributed by atoms with Gasteiger partial charge in [-0.2, -0.15) is 0 Å². The minimum absolute atomic E-state index is 0.264. The molecule has 1 aliphatic carbocycles. The average Bonchev–Trinajstić information content (AvgIpc) is 2.96. The number of hydrogen-bond acceptors (Lipinski definition) is 4. The fourth-order valence-corrected chi connectivity index (χ4v) is 1.61. The number of nitrogens with two attached hydrogens (primary N) is 1. The Bertz CT molecular complexity index is 326. The number of nitrogens with zero attached hydrogens (tertiary/aromatic N) is 1. The number of methoxy groups -OCH3 is 2. The summed E-state index contributed by atoms with van der Waals surface area (Å²) in [6.07, 6.45) is 5.29. The third kappa shape index (κ3) is 1.32. The summed E-state index contributed by atoms with van der Waals surface area (Å²) < 4.78 is 10.5. The minimum Gasteiger partial charge on any atom is -0.495 e. The van der Waals surface area contributed by atoms with Crippen LogP contribution in [0, 0.1) is 0 Å². The molecule has 2 rings (SSSR count). The fraction of sp³-hybridized carbons (Fsp3) is 0.500. The molecule has 1 saturated carbocycles. The Morgan fingerprint density at radius 3 is 2.07 bits per heavy atom. The molecule has 0 saturated heterocycles. The summed E-state index contributed by atoms with van der Waals surface area (Å²) in [7, 11) is 3.23. The standard InChI is InChI=1S/C10H14N2O2/c1-13-7-5-12-6-8(14-2)9(7)10(11)3-4-10/h5-6H,3-4,11H2,1-2H3. The summed E-state index contributed by atoms with van der Waals surface area (Å²) in [6.45, 7) is 0. The molecule has 2 N–H and O–H groups in total. The normalized spacial score (nSPS) is 17.6. The highest BCUT2D eigenvalue weighted by Gasteiger charge is 2.44. The Morgan fingerprint density at radius 1 is 1.21 bits per heavy atom. The van der Waals surface area contributed by atoms with Crippen molar-refractivity contribution in [2.24, 2.45) is 5.73 Å². The maximum atomic E-state index is 6.13. The summed E-state index contributed by atoms with van der Waals surface area (Å²) in [4.78, 5) is 4.02. The van der Waals surface area contributed by atoms with Crippen LogP contribution in [0.5, 0.6) is 11.5 Å². The second-order valence-electron chi connectivity index (χ2n) is 3.58. The Morgan fingerprint density at radius 2 is 1.71 bits per heavy atom. The quantitative estimate of drug-likeness (QED) is 0.781. The van der Waals surface area contributed by atoms with E-state index in [1.165, 1.54) is 0 Å². The maximum Gasteiger partial charge on any atom is 0.145 e. The van der Waals surface area contributed by atoms with Gasteiger partial charge in [0.05, 0.1) is 32.2 Å². The topological polar surface area (TPSA) is 57.4 Å². The Hall–Kier alpha value is -1.29. The maximum absolute atomic E-state index is 6.13. The lowest BCUT2D eigenvalue weighted by molar-refractivity contribution is 0.373. The van der Waals surface area contributed by atoms with Gasteiger partial charge in [0.25, 0.3) is 0 Å². The molecule has 0 bridgehead atoms. The molecule has 1 aromatic rings. The third-order valence-corrected chi connectivity index (χ3v) is 2.60. The van der Waals surface area contributed by atoms with Crippen molar-refractivity contribution in [3.63, 3.8) is 0 Å². The van der Waals surface area contributed by atoms with Crippen LogP contribution in [0.3, 0.4) is 0 Å². The van der Waals surface area contributed by atoms with Gasteiger partial charge < -0.3 is 15.2 Å². The lowest BCUT2D eigenvalue weighted by atomic mass is 10.1. The summed E-state index contributed by atoms with van der Waals surface area (Å²) in [5.41, 5.74) is 6.81. The van der Waals surface area contributed by atoms with Crippen LogP contribution in [0.2, 0.25) is 0 Å². The Labute approximate surface area is 83.0 Å². The summed E-state index contributed by atoms with van der Waals surface area (Å²) in [6, 6.07) is 0. The molecule has 4 heteroatoms. The zero-order valence-corrected chi connectivity index (χ0v) is 8.41. The molecule has 1 aliphatic rings. The van der Waals surface area contributed by atoms with Crippen molar-refractivity contribution in [1.82, 2.24) is 4.98 Å². The van der Waals surface area contributed by atoms with Gasteiger partial charge in [0.1, 0.15) is 11.5 Å². The molecule has 4 nitrogen and oxygen atoms in total. The molecule has 0 atom stereocenters. The molecule has 0 aliphatic heterocycles. The summed E-state index contributed by atoms with van der Waals surface area (Å²) in [5.74, 6) is 1.42. The first-order valence-corrected chi connectivity index (χ1v) is 4.56. The van der Waals surface area contributed by atoms with Gasteiger partial charge in [-0.05, 0) is 12.8 Å². The first kappa shape index (κ1) is 9.27. The Balaban J connectivity index is 2.52. The van der Waals surface area contributed by atoms with Crippen LogP contribution in [-0.4, -0.2) is 19.2 Å². The van der Waals surface area contributed by atoms with Gasteiger partial charge in [0, 0.05) is 5.54 Å². The zero-order chi connectivity index (χ0) is 10.2. The van der Waals surface area contributed by atoms with Crippen molar-refractivity contribution >= 4 is 0 Å². The SMILES string of the molecule is COc1cncc(OC)c1C1(N)CC1. The van der Waals surface area contributed by atoms with E-state index in [2.05, 4.69) is 4.98 Å². The minimum atomic E-state index is -0.264. The van der Waals surface area contributed by atoms with Gasteiger partial charge in [-0.3, -0.25) is 4.98 Å². The number of pyridine rings is 1. The van der Waals surface area contributed by atoms with Gasteiger partial charge in [-0.1, -0.05) is 0 Å². The second-order valence-corrected chi connectivity index (χ2v) is 3.58. The van der Waals surface area contributed by atoms with Gasteiger partial charge in [-0.15, -0.1) is 0 Å². The molecular weight excluding hydrogens is 180 g/mol. The third-order valence-electron chi connectivity index (χ3n) is 2.60. The van der Waals surface area contributed by atoms with E-state index in [4.69, 9.17) is 15.2 Å². The van der Waals surface area contributed by atoms with Crippen molar-refractivity contribution < 1.29 is 9.47 Å². The lowest BCUT2D eigenvalue weighted by Crippen LogP contribution is -2.20. The van der Waals surface area contributed by atoms with E-state index >= 15 is 0 Å². The van der Waals surface area contributed by atoms with Gasteiger partial charge in [0.15, 0.2) is 0 Å². The molecule has 1 heterocycles. The van der Waals surface area contributed by atoms with Crippen LogP contribution < -0.4 is 15.2 Å².